The molecule has 0 radical (unpaired) electrons. The smallest absolute Gasteiger partial charge is 0.123 e. The Hall–Kier alpha value is -1.77. The van der Waals surface area contributed by atoms with Crippen LogP contribution >= 0.6 is 0 Å². The van der Waals surface area contributed by atoms with Crippen molar-refractivity contribution < 1.29 is 4.39 Å². The Morgan fingerprint density at radius 3 is 2.45 bits per heavy atom. The van der Waals surface area contributed by atoms with Gasteiger partial charge in [-0.2, -0.15) is 0 Å². The van der Waals surface area contributed by atoms with E-state index in [-0.39, 0.29) is 17.7 Å². The normalized spacial score (nSPS) is 22.8. The Morgan fingerprint density at radius 1 is 1.25 bits per heavy atom. The van der Waals surface area contributed by atoms with E-state index in [1.807, 2.05) is 26.8 Å². The number of nitrogens with one attached hydrogen (secondary N) is 1. The van der Waals surface area contributed by atoms with Crippen molar-refractivity contribution in [3.63, 3.8) is 0 Å². The molecular weight excluding hydrogens is 251 g/mol. The number of hydrogen-bond donors (Lipinski definition) is 1. The number of hydrogen-bond acceptors (Lipinski definition) is 2. The molecule has 0 saturated carbocycles. The van der Waals surface area contributed by atoms with Crippen molar-refractivity contribution in [2.45, 2.75) is 40.5 Å². The summed E-state index contributed by atoms with van der Waals surface area (Å²) in [6.45, 7) is 9.84. The largest absolute Gasteiger partial charge is 0.305 e. The van der Waals surface area contributed by atoms with Crippen molar-refractivity contribution in [2.75, 3.05) is 0 Å². The highest BCUT2D eigenvalue weighted by atomic mass is 19.1. The van der Waals surface area contributed by atoms with Gasteiger partial charge >= 0.3 is 0 Å². The predicted octanol–water partition coefficient (Wildman–Crippen LogP) is 4.64. The van der Waals surface area contributed by atoms with Crippen LogP contribution in [0.3, 0.4) is 0 Å². The van der Waals surface area contributed by atoms with E-state index < -0.39 is 0 Å². The zero-order chi connectivity index (χ0) is 15.0. The SMILES string of the molecule is CC(=N)C1=C(C)N=C(C)C(c2ccc(F)cc2C)C1C. The summed E-state index contributed by atoms with van der Waals surface area (Å²) in [6, 6.07) is 4.92. The van der Waals surface area contributed by atoms with Crippen LogP contribution in [0.15, 0.2) is 34.5 Å². The van der Waals surface area contributed by atoms with Crippen LogP contribution in [0.5, 0.6) is 0 Å². The quantitative estimate of drug-likeness (QED) is 0.761. The molecule has 1 aliphatic heterocycles. The van der Waals surface area contributed by atoms with Gasteiger partial charge in [0.2, 0.25) is 0 Å². The van der Waals surface area contributed by atoms with Crippen LogP contribution in [0, 0.1) is 24.1 Å². The lowest BCUT2D eigenvalue weighted by atomic mass is 9.75. The van der Waals surface area contributed by atoms with Gasteiger partial charge < -0.3 is 5.41 Å². The molecule has 2 unspecified atom stereocenters. The van der Waals surface area contributed by atoms with E-state index in [9.17, 15) is 4.39 Å². The third kappa shape index (κ3) is 2.45. The molecule has 2 atom stereocenters. The zero-order valence-corrected chi connectivity index (χ0v) is 12.7. The maximum atomic E-state index is 13.3. The molecule has 0 spiro atoms. The first-order chi connectivity index (χ1) is 9.32. The van der Waals surface area contributed by atoms with Crippen molar-refractivity contribution >= 4 is 11.4 Å². The molecular formula is C17H21FN2. The lowest BCUT2D eigenvalue weighted by Crippen LogP contribution is -2.27. The fraction of sp³-hybridized carbons (Fsp3) is 0.412. The van der Waals surface area contributed by atoms with Gasteiger partial charge in [0.1, 0.15) is 5.82 Å². The number of allylic oxidation sites excluding steroid dienone is 2. The van der Waals surface area contributed by atoms with Crippen molar-refractivity contribution in [3.05, 3.63) is 46.4 Å². The molecule has 1 aromatic rings. The average Bonchev–Trinajstić information content (AvgIpc) is 2.30. The molecule has 1 heterocycles. The summed E-state index contributed by atoms with van der Waals surface area (Å²) >= 11 is 0. The number of benzene rings is 1. The molecule has 0 bridgehead atoms. The van der Waals surface area contributed by atoms with E-state index in [0.29, 0.717) is 5.71 Å². The molecule has 1 aliphatic rings. The molecule has 2 rings (SSSR count). The summed E-state index contributed by atoms with van der Waals surface area (Å²) < 4.78 is 13.3. The third-order valence-electron chi connectivity index (χ3n) is 4.11. The molecule has 106 valence electrons. The minimum atomic E-state index is -0.209. The fourth-order valence-electron chi connectivity index (χ4n) is 3.35. The van der Waals surface area contributed by atoms with Gasteiger partial charge in [0.05, 0.1) is 0 Å². The number of aliphatic imine (C=N–C) groups is 1. The average molecular weight is 272 g/mol. The van der Waals surface area contributed by atoms with E-state index in [1.165, 1.54) is 6.07 Å². The fourth-order valence-corrected chi connectivity index (χ4v) is 3.35. The highest BCUT2D eigenvalue weighted by molar-refractivity contribution is 6.01. The van der Waals surface area contributed by atoms with Gasteiger partial charge in [-0.15, -0.1) is 0 Å². The molecule has 1 N–H and O–H groups in total. The van der Waals surface area contributed by atoms with Crippen molar-refractivity contribution in [3.8, 4) is 0 Å². The highest BCUT2D eigenvalue weighted by Gasteiger charge is 2.31. The van der Waals surface area contributed by atoms with Crippen molar-refractivity contribution in [1.29, 1.82) is 5.41 Å². The second-order valence-electron chi connectivity index (χ2n) is 5.64. The van der Waals surface area contributed by atoms with Crippen LogP contribution in [0.1, 0.15) is 44.7 Å². The maximum Gasteiger partial charge on any atom is 0.123 e. The minimum absolute atomic E-state index is 0.120. The zero-order valence-electron chi connectivity index (χ0n) is 12.7. The van der Waals surface area contributed by atoms with Crippen molar-refractivity contribution in [2.24, 2.45) is 10.9 Å². The summed E-state index contributed by atoms with van der Waals surface area (Å²) in [5, 5.41) is 7.97. The summed E-state index contributed by atoms with van der Waals surface area (Å²) in [6.07, 6.45) is 0. The van der Waals surface area contributed by atoms with Crippen LogP contribution in [-0.2, 0) is 0 Å². The molecule has 20 heavy (non-hydrogen) atoms. The van der Waals surface area contributed by atoms with Gasteiger partial charge in [0.25, 0.3) is 0 Å². The first kappa shape index (κ1) is 14.6. The molecule has 3 heteroatoms. The second-order valence-corrected chi connectivity index (χ2v) is 5.64. The summed E-state index contributed by atoms with van der Waals surface area (Å²) in [5.41, 5.74) is 5.58. The van der Waals surface area contributed by atoms with E-state index in [2.05, 4.69) is 11.9 Å². The van der Waals surface area contributed by atoms with Gasteiger partial charge in [0, 0.05) is 23.0 Å². The first-order valence-corrected chi connectivity index (χ1v) is 6.90. The molecule has 0 aliphatic carbocycles. The Morgan fingerprint density at radius 2 is 1.90 bits per heavy atom. The van der Waals surface area contributed by atoms with E-state index in [4.69, 9.17) is 5.41 Å². The standard InChI is InChI=1S/C17H21FN2/c1-9-8-14(18)6-7-15(9)17-10(2)16(11(3)19)12(4)20-13(17)5/h6-8,10,17,19H,1-5H3. The molecule has 1 aromatic carbocycles. The van der Waals surface area contributed by atoms with Gasteiger partial charge in [-0.25, -0.2) is 4.39 Å². The molecule has 0 fully saturated rings. The van der Waals surface area contributed by atoms with Crippen LogP contribution < -0.4 is 0 Å². The number of aryl methyl sites for hydroxylation is 1. The molecule has 0 amide bonds. The number of rotatable bonds is 2. The second kappa shape index (κ2) is 5.31. The number of nitrogens with zero attached hydrogens (tertiary/aromatic N) is 1. The summed E-state index contributed by atoms with van der Waals surface area (Å²) in [4.78, 5) is 4.62. The topological polar surface area (TPSA) is 36.2 Å². The molecule has 0 aromatic heterocycles. The van der Waals surface area contributed by atoms with E-state index in [1.54, 1.807) is 13.0 Å². The predicted molar refractivity (Wildman–Crippen MR) is 82.3 cm³/mol. The lowest BCUT2D eigenvalue weighted by Gasteiger charge is -2.32. The number of halogens is 1. The molecule has 2 nitrogen and oxygen atoms in total. The Bertz CT molecular complexity index is 626. The Labute approximate surface area is 119 Å². The molecule has 0 saturated heterocycles. The minimum Gasteiger partial charge on any atom is -0.305 e. The lowest BCUT2D eigenvalue weighted by molar-refractivity contribution is 0.610. The summed E-state index contributed by atoms with van der Waals surface area (Å²) in [7, 11) is 0. The van der Waals surface area contributed by atoms with Crippen LogP contribution in [0.4, 0.5) is 4.39 Å². The van der Waals surface area contributed by atoms with Crippen LogP contribution in [0.25, 0.3) is 0 Å². The Balaban J connectivity index is 2.54. The third-order valence-corrected chi connectivity index (χ3v) is 4.11. The first-order valence-electron chi connectivity index (χ1n) is 6.90. The van der Waals surface area contributed by atoms with Gasteiger partial charge in [-0.05, 0) is 62.4 Å². The maximum absolute atomic E-state index is 13.3. The van der Waals surface area contributed by atoms with E-state index in [0.717, 1.165) is 28.1 Å². The summed E-state index contributed by atoms with van der Waals surface area (Å²) in [5.74, 6) is 0.100. The van der Waals surface area contributed by atoms with Gasteiger partial charge in [-0.3, -0.25) is 4.99 Å². The van der Waals surface area contributed by atoms with Crippen molar-refractivity contribution in [1.82, 2.24) is 0 Å². The highest BCUT2D eigenvalue weighted by Crippen LogP contribution is 2.38. The van der Waals surface area contributed by atoms with Gasteiger partial charge in [0.15, 0.2) is 0 Å². The van der Waals surface area contributed by atoms with Crippen LogP contribution in [0.2, 0.25) is 0 Å². The monoisotopic (exact) mass is 272 g/mol. The Kier molecular flexibility index (Phi) is 3.89. The van der Waals surface area contributed by atoms with Gasteiger partial charge in [-0.1, -0.05) is 13.0 Å². The van der Waals surface area contributed by atoms with Crippen LogP contribution in [-0.4, -0.2) is 11.4 Å². The van der Waals surface area contributed by atoms with E-state index >= 15 is 0 Å².